The zero-order chi connectivity index (χ0) is 12.8. The van der Waals surface area contributed by atoms with E-state index in [9.17, 15) is 4.79 Å². The van der Waals surface area contributed by atoms with E-state index < -0.39 is 0 Å². The van der Waals surface area contributed by atoms with Crippen molar-refractivity contribution in [1.29, 1.82) is 0 Å². The number of carbonyl (C=O) groups is 1. The number of benzene rings is 1. The van der Waals surface area contributed by atoms with Crippen LogP contribution in [0.15, 0.2) is 28.7 Å². The molecule has 1 aromatic rings. The van der Waals surface area contributed by atoms with Gasteiger partial charge in [0.15, 0.2) is 0 Å². The van der Waals surface area contributed by atoms with Gasteiger partial charge in [-0.05, 0) is 30.5 Å². The summed E-state index contributed by atoms with van der Waals surface area (Å²) in [6, 6.07) is 7.82. The lowest BCUT2D eigenvalue weighted by Gasteiger charge is -2.16. The van der Waals surface area contributed by atoms with Crippen molar-refractivity contribution in [3.05, 3.63) is 34.3 Å². The SMILES string of the molecule is CC(C)CNC(=O)N[C@@H](C)c1cccc(Br)c1. The van der Waals surface area contributed by atoms with E-state index >= 15 is 0 Å². The van der Waals surface area contributed by atoms with Gasteiger partial charge in [0, 0.05) is 11.0 Å². The molecule has 4 heteroatoms. The van der Waals surface area contributed by atoms with Crippen LogP contribution in [0.4, 0.5) is 4.79 Å². The number of carbonyl (C=O) groups excluding carboxylic acids is 1. The summed E-state index contributed by atoms with van der Waals surface area (Å²) in [4.78, 5) is 11.6. The first-order valence-electron chi connectivity index (χ1n) is 5.79. The fourth-order valence-corrected chi connectivity index (χ4v) is 1.82. The van der Waals surface area contributed by atoms with Gasteiger partial charge in [0.2, 0.25) is 0 Å². The Bertz CT molecular complexity index is 379. The molecule has 0 aliphatic carbocycles. The monoisotopic (exact) mass is 298 g/mol. The minimum absolute atomic E-state index is 0.000313. The Morgan fingerprint density at radius 2 is 2.06 bits per heavy atom. The number of urea groups is 1. The molecule has 0 aliphatic heterocycles. The number of nitrogens with one attached hydrogen (secondary N) is 2. The van der Waals surface area contributed by atoms with Crippen LogP contribution in [0.1, 0.15) is 32.4 Å². The number of hydrogen-bond donors (Lipinski definition) is 2. The Labute approximate surface area is 111 Å². The molecule has 0 aliphatic rings. The second kappa shape index (κ2) is 6.64. The van der Waals surface area contributed by atoms with E-state index in [1.54, 1.807) is 0 Å². The Kier molecular flexibility index (Phi) is 5.48. The van der Waals surface area contributed by atoms with Crippen LogP contribution < -0.4 is 10.6 Å². The van der Waals surface area contributed by atoms with Gasteiger partial charge in [-0.15, -0.1) is 0 Å². The van der Waals surface area contributed by atoms with Crippen molar-refractivity contribution in [3.8, 4) is 0 Å². The average molecular weight is 299 g/mol. The van der Waals surface area contributed by atoms with E-state index in [0.717, 1.165) is 10.0 Å². The lowest BCUT2D eigenvalue weighted by atomic mass is 10.1. The average Bonchev–Trinajstić information content (AvgIpc) is 2.26. The molecule has 94 valence electrons. The van der Waals surface area contributed by atoms with Crippen LogP contribution in [0.2, 0.25) is 0 Å². The second-order valence-corrected chi connectivity index (χ2v) is 5.44. The molecule has 0 heterocycles. The van der Waals surface area contributed by atoms with E-state index in [4.69, 9.17) is 0 Å². The van der Waals surface area contributed by atoms with Gasteiger partial charge in [-0.3, -0.25) is 0 Å². The lowest BCUT2D eigenvalue weighted by molar-refractivity contribution is 0.236. The fourth-order valence-electron chi connectivity index (χ4n) is 1.40. The third-order valence-electron chi connectivity index (χ3n) is 2.37. The van der Waals surface area contributed by atoms with Gasteiger partial charge in [0.05, 0.1) is 6.04 Å². The highest BCUT2D eigenvalue weighted by Crippen LogP contribution is 2.17. The molecule has 1 aromatic carbocycles. The van der Waals surface area contributed by atoms with Gasteiger partial charge in [0.1, 0.15) is 0 Å². The fraction of sp³-hybridized carbons (Fsp3) is 0.462. The van der Waals surface area contributed by atoms with Crippen LogP contribution in [-0.2, 0) is 0 Å². The van der Waals surface area contributed by atoms with Crippen molar-refractivity contribution >= 4 is 22.0 Å². The molecule has 1 atom stereocenters. The molecule has 0 saturated heterocycles. The zero-order valence-corrected chi connectivity index (χ0v) is 12.0. The van der Waals surface area contributed by atoms with Crippen LogP contribution in [-0.4, -0.2) is 12.6 Å². The van der Waals surface area contributed by atoms with E-state index in [1.807, 2.05) is 31.2 Å². The Balaban J connectivity index is 2.48. The van der Waals surface area contributed by atoms with Crippen molar-refractivity contribution in [2.45, 2.75) is 26.8 Å². The normalized spacial score (nSPS) is 12.3. The molecule has 0 fully saturated rings. The third-order valence-corrected chi connectivity index (χ3v) is 2.86. The first-order valence-corrected chi connectivity index (χ1v) is 6.58. The van der Waals surface area contributed by atoms with Crippen LogP contribution in [0.25, 0.3) is 0 Å². The topological polar surface area (TPSA) is 41.1 Å². The number of hydrogen-bond acceptors (Lipinski definition) is 1. The number of rotatable bonds is 4. The molecule has 2 amide bonds. The largest absolute Gasteiger partial charge is 0.338 e. The molecule has 0 bridgehead atoms. The van der Waals surface area contributed by atoms with Crippen molar-refractivity contribution in [2.75, 3.05) is 6.54 Å². The van der Waals surface area contributed by atoms with Crippen molar-refractivity contribution in [1.82, 2.24) is 10.6 Å². The van der Waals surface area contributed by atoms with Crippen LogP contribution >= 0.6 is 15.9 Å². The first kappa shape index (κ1) is 14.0. The van der Waals surface area contributed by atoms with Crippen LogP contribution in [0, 0.1) is 5.92 Å². The minimum atomic E-state index is -0.119. The lowest BCUT2D eigenvalue weighted by Crippen LogP contribution is -2.38. The van der Waals surface area contributed by atoms with E-state index in [-0.39, 0.29) is 12.1 Å². The summed E-state index contributed by atoms with van der Waals surface area (Å²) >= 11 is 3.42. The van der Waals surface area contributed by atoms with Crippen LogP contribution in [0.5, 0.6) is 0 Å². The Morgan fingerprint density at radius 1 is 1.35 bits per heavy atom. The zero-order valence-electron chi connectivity index (χ0n) is 10.5. The van der Waals surface area contributed by atoms with Gasteiger partial charge in [-0.2, -0.15) is 0 Å². The van der Waals surface area contributed by atoms with Gasteiger partial charge in [-0.25, -0.2) is 4.79 Å². The summed E-state index contributed by atoms with van der Waals surface area (Å²) in [6.07, 6.45) is 0. The molecule has 0 unspecified atom stereocenters. The summed E-state index contributed by atoms with van der Waals surface area (Å²) < 4.78 is 1.02. The van der Waals surface area contributed by atoms with Crippen molar-refractivity contribution in [3.63, 3.8) is 0 Å². The highest BCUT2D eigenvalue weighted by atomic mass is 79.9. The molecular weight excluding hydrogens is 280 g/mol. The second-order valence-electron chi connectivity index (χ2n) is 4.52. The molecule has 3 nitrogen and oxygen atoms in total. The van der Waals surface area contributed by atoms with Gasteiger partial charge in [0.25, 0.3) is 0 Å². The predicted octanol–water partition coefficient (Wildman–Crippen LogP) is 3.47. The molecule has 0 aromatic heterocycles. The van der Waals surface area contributed by atoms with Crippen LogP contribution in [0.3, 0.4) is 0 Å². The third kappa shape index (κ3) is 5.22. The van der Waals surface area contributed by atoms with Crippen molar-refractivity contribution in [2.24, 2.45) is 5.92 Å². The van der Waals surface area contributed by atoms with Gasteiger partial charge in [-0.1, -0.05) is 41.9 Å². The highest BCUT2D eigenvalue weighted by molar-refractivity contribution is 9.10. The molecular formula is C13H19BrN2O. The summed E-state index contributed by atoms with van der Waals surface area (Å²) in [6.45, 7) is 6.80. The van der Waals surface area contributed by atoms with Gasteiger partial charge >= 0.3 is 6.03 Å². The number of halogens is 1. The summed E-state index contributed by atoms with van der Waals surface area (Å²) in [7, 11) is 0. The van der Waals surface area contributed by atoms with E-state index in [0.29, 0.717) is 12.5 Å². The Hall–Kier alpha value is -1.03. The maximum absolute atomic E-state index is 11.6. The van der Waals surface area contributed by atoms with E-state index in [2.05, 4.69) is 40.4 Å². The molecule has 2 N–H and O–H groups in total. The predicted molar refractivity (Wildman–Crippen MR) is 73.9 cm³/mol. The highest BCUT2D eigenvalue weighted by Gasteiger charge is 2.09. The first-order chi connectivity index (χ1) is 7.99. The maximum Gasteiger partial charge on any atom is 0.315 e. The van der Waals surface area contributed by atoms with Gasteiger partial charge < -0.3 is 10.6 Å². The molecule has 1 rings (SSSR count). The summed E-state index contributed by atoms with van der Waals surface area (Å²) in [5.41, 5.74) is 1.08. The molecule has 17 heavy (non-hydrogen) atoms. The molecule has 0 spiro atoms. The van der Waals surface area contributed by atoms with Crippen molar-refractivity contribution < 1.29 is 4.79 Å². The molecule has 0 saturated carbocycles. The smallest absolute Gasteiger partial charge is 0.315 e. The molecule has 0 radical (unpaired) electrons. The quantitative estimate of drug-likeness (QED) is 0.878. The maximum atomic E-state index is 11.6. The number of amides is 2. The Morgan fingerprint density at radius 3 is 2.65 bits per heavy atom. The summed E-state index contributed by atoms with van der Waals surface area (Å²) in [5, 5.41) is 5.74. The van der Waals surface area contributed by atoms with E-state index in [1.165, 1.54) is 0 Å². The minimum Gasteiger partial charge on any atom is -0.338 e. The summed E-state index contributed by atoms with van der Waals surface area (Å²) in [5.74, 6) is 0.460. The standard InChI is InChI=1S/C13H19BrN2O/c1-9(2)8-15-13(17)16-10(3)11-5-4-6-12(14)7-11/h4-7,9-10H,8H2,1-3H3,(H2,15,16,17)/t10-/m0/s1.